The number of unbranched alkanes of at least 4 members (excludes halogenated alkanes) is 2. The Labute approximate surface area is 168 Å². The van der Waals surface area contributed by atoms with Crippen molar-refractivity contribution in [1.29, 1.82) is 0 Å². The molecule has 0 aromatic carbocycles. The average molecular weight is 377 g/mol. The van der Waals surface area contributed by atoms with E-state index in [-0.39, 0.29) is 0 Å². The Morgan fingerprint density at radius 3 is 1.93 bits per heavy atom. The van der Waals surface area contributed by atoms with Gasteiger partial charge in [-0.1, -0.05) is 77.6 Å². The molecule has 2 aliphatic carbocycles. The van der Waals surface area contributed by atoms with Gasteiger partial charge in [-0.05, 0) is 43.9 Å². The van der Waals surface area contributed by atoms with E-state index in [0.29, 0.717) is 30.3 Å². The number of Topliss-reactive ketones (excluding diaryl/α,β-unsaturated/α-hetero) is 2. The molecule has 0 radical (unpaired) electrons. The summed E-state index contributed by atoms with van der Waals surface area (Å²) in [4.78, 5) is 24.7. The maximum absolute atomic E-state index is 12.4. The Balaban J connectivity index is 1.56. The summed E-state index contributed by atoms with van der Waals surface area (Å²) in [7, 11) is 0. The minimum absolute atomic E-state index is 0.328. The molecule has 0 aromatic heterocycles. The predicted octanol–water partition coefficient (Wildman–Crippen LogP) is 7.43. The molecule has 0 saturated heterocycles. The van der Waals surface area contributed by atoms with Crippen LogP contribution in [0, 0.1) is 17.8 Å². The quantitative estimate of drug-likeness (QED) is 0.262. The van der Waals surface area contributed by atoms with E-state index in [2.05, 4.69) is 6.92 Å². The SMILES string of the molecule is CCCCC1CCCCC1CCC(=O)CCCCC(=O)C1CCCCCC1. The highest BCUT2D eigenvalue weighted by Crippen LogP contribution is 2.36. The highest BCUT2D eigenvalue weighted by molar-refractivity contribution is 5.81. The maximum atomic E-state index is 12.4. The van der Waals surface area contributed by atoms with Crippen LogP contribution in [-0.4, -0.2) is 11.6 Å². The zero-order valence-corrected chi connectivity index (χ0v) is 18.0. The zero-order chi connectivity index (χ0) is 19.3. The van der Waals surface area contributed by atoms with Crippen LogP contribution in [0.1, 0.15) is 129 Å². The van der Waals surface area contributed by atoms with Gasteiger partial charge in [0, 0.05) is 25.2 Å². The van der Waals surface area contributed by atoms with Crippen molar-refractivity contribution in [3.05, 3.63) is 0 Å². The van der Waals surface area contributed by atoms with Crippen LogP contribution in [-0.2, 0) is 9.59 Å². The molecule has 0 aliphatic heterocycles. The van der Waals surface area contributed by atoms with E-state index in [1.54, 1.807) is 0 Å². The van der Waals surface area contributed by atoms with Crippen molar-refractivity contribution in [3.8, 4) is 0 Å². The predicted molar refractivity (Wildman–Crippen MR) is 114 cm³/mol. The largest absolute Gasteiger partial charge is 0.300 e. The van der Waals surface area contributed by atoms with Crippen molar-refractivity contribution in [3.63, 3.8) is 0 Å². The first kappa shape index (κ1) is 22.6. The summed E-state index contributed by atoms with van der Waals surface area (Å²) >= 11 is 0. The van der Waals surface area contributed by atoms with Crippen molar-refractivity contribution in [2.24, 2.45) is 17.8 Å². The van der Waals surface area contributed by atoms with Crippen molar-refractivity contribution < 1.29 is 9.59 Å². The molecule has 2 unspecified atom stereocenters. The van der Waals surface area contributed by atoms with Gasteiger partial charge in [0.15, 0.2) is 0 Å². The van der Waals surface area contributed by atoms with E-state index in [1.807, 2.05) is 0 Å². The van der Waals surface area contributed by atoms with E-state index in [1.165, 1.54) is 70.6 Å². The third kappa shape index (κ3) is 8.92. The number of carbonyl (C=O) groups is 2. The smallest absolute Gasteiger partial charge is 0.135 e. The van der Waals surface area contributed by atoms with Crippen LogP contribution < -0.4 is 0 Å². The van der Waals surface area contributed by atoms with Gasteiger partial charge in [-0.25, -0.2) is 0 Å². The zero-order valence-electron chi connectivity index (χ0n) is 18.0. The molecule has 0 aromatic rings. The lowest BCUT2D eigenvalue weighted by molar-refractivity contribution is -0.124. The van der Waals surface area contributed by atoms with Crippen LogP contribution in [0.5, 0.6) is 0 Å². The average Bonchev–Trinajstić information content (AvgIpc) is 2.98. The van der Waals surface area contributed by atoms with E-state index >= 15 is 0 Å². The van der Waals surface area contributed by atoms with Crippen molar-refractivity contribution in [2.45, 2.75) is 129 Å². The van der Waals surface area contributed by atoms with Crippen LogP contribution in [0.2, 0.25) is 0 Å². The number of ketones is 2. The molecule has 2 fully saturated rings. The van der Waals surface area contributed by atoms with Gasteiger partial charge < -0.3 is 0 Å². The molecule has 0 N–H and O–H groups in total. The molecule has 156 valence electrons. The molecule has 27 heavy (non-hydrogen) atoms. The first-order valence-corrected chi connectivity index (χ1v) is 12.2. The standard InChI is InChI=1S/C25H44O2/c1-2-3-12-21-13-8-9-14-22(21)19-20-24(26)17-10-11-18-25(27)23-15-6-4-5-7-16-23/h21-23H,2-20H2,1H3. The summed E-state index contributed by atoms with van der Waals surface area (Å²) in [5, 5.41) is 0. The summed E-state index contributed by atoms with van der Waals surface area (Å²) in [6.07, 6.45) is 22.0. The normalized spacial score (nSPS) is 24.5. The molecule has 2 nitrogen and oxygen atoms in total. The molecule has 2 heteroatoms. The molecule has 2 rings (SSSR count). The van der Waals surface area contributed by atoms with Gasteiger partial charge in [0.1, 0.15) is 11.6 Å². The summed E-state index contributed by atoms with van der Waals surface area (Å²) in [5.41, 5.74) is 0. The minimum Gasteiger partial charge on any atom is -0.300 e. The van der Waals surface area contributed by atoms with Gasteiger partial charge in [-0.3, -0.25) is 9.59 Å². The summed E-state index contributed by atoms with van der Waals surface area (Å²) in [6, 6.07) is 0. The Kier molecular flexibility index (Phi) is 11.3. The van der Waals surface area contributed by atoms with E-state index in [9.17, 15) is 9.59 Å². The molecular formula is C25H44O2. The number of hydrogen-bond donors (Lipinski definition) is 0. The fourth-order valence-corrected chi connectivity index (χ4v) is 5.41. The number of hydrogen-bond acceptors (Lipinski definition) is 2. The van der Waals surface area contributed by atoms with Gasteiger partial charge in [-0.2, -0.15) is 0 Å². The molecular weight excluding hydrogens is 332 g/mol. The van der Waals surface area contributed by atoms with Crippen LogP contribution in [0.15, 0.2) is 0 Å². The Morgan fingerprint density at radius 1 is 0.667 bits per heavy atom. The third-order valence-electron chi connectivity index (χ3n) is 7.23. The summed E-state index contributed by atoms with van der Waals surface area (Å²) in [6.45, 7) is 2.28. The molecule has 0 spiro atoms. The van der Waals surface area contributed by atoms with E-state index < -0.39 is 0 Å². The second kappa shape index (κ2) is 13.5. The van der Waals surface area contributed by atoms with Crippen molar-refractivity contribution in [1.82, 2.24) is 0 Å². The van der Waals surface area contributed by atoms with Crippen molar-refractivity contribution in [2.75, 3.05) is 0 Å². The van der Waals surface area contributed by atoms with Gasteiger partial charge in [0.05, 0.1) is 0 Å². The lowest BCUT2D eigenvalue weighted by Crippen LogP contribution is -2.20. The Bertz CT molecular complexity index is 420. The monoisotopic (exact) mass is 376 g/mol. The van der Waals surface area contributed by atoms with Gasteiger partial charge >= 0.3 is 0 Å². The highest BCUT2D eigenvalue weighted by atomic mass is 16.1. The van der Waals surface area contributed by atoms with Crippen LogP contribution in [0.25, 0.3) is 0 Å². The summed E-state index contributed by atoms with van der Waals surface area (Å²) in [5.74, 6) is 2.92. The van der Waals surface area contributed by atoms with E-state index in [0.717, 1.165) is 50.4 Å². The van der Waals surface area contributed by atoms with Crippen LogP contribution in [0.3, 0.4) is 0 Å². The summed E-state index contributed by atoms with van der Waals surface area (Å²) < 4.78 is 0. The number of rotatable bonds is 12. The van der Waals surface area contributed by atoms with Crippen molar-refractivity contribution >= 4 is 11.6 Å². The molecule has 0 heterocycles. The molecule has 2 saturated carbocycles. The second-order valence-electron chi connectivity index (χ2n) is 9.39. The van der Waals surface area contributed by atoms with E-state index in [4.69, 9.17) is 0 Å². The fourth-order valence-electron chi connectivity index (χ4n) is 5.41. The third-order valence-corrected chi connectivity index (χ3v) is 7.23. The first-order valence-electron chi connectivity index (χ1n) is 12.2. The molecule has 0 amide bonds. The molecule has 0 bridgehead atoms. The topological polar surface area (TPSA) is 34.1 Å². The lowest BCUT2D eigenvalue weighted by atomic mass is 9.74. The fraction of sp³-hybridized carbons (Fsp3) is 0.920. The van der Waals surface area contributed by atoms with Gasteiger partial charge in [-0.15, -0.1) is 0 Å². The Hall–Kier alpha value is -0.660. The Morgan fingerprint density at radius 2 is 1.26 bits per heavy atom. The number of carbonyl (C=O) groups excluding carboxylic acids is 2. The lowest BCUT2D eigenvalue weighted by Gasteiger charge is -2.31. The maximum Gasteiger partial charge on any atom is 0.135 e. The minimum atomic E-state index is 0.328. The molecule has 2 aliphatic rings. The van der Waals surface area contributed by atoms with Crippen LogP contribution >= 0.6 is 0 Å². The first-order chi connectivity index (χ1) is 13.2. The second-order valence-corrected chi connectivity index (χ2v) is 9.39. The van der Waals surface area contributed by atoms with Gasteiger partial charge in [0.2, 0.25) is 0 Å². The van der Waals surface area contributed by atoms with Crippen LogP contribution in [0.4, 0.5) is 0 Å². The molecule has 2 atom stereocenters. The van der Waals surface area contributed by atoms with Gasteiger partial charge in [0.25, 0.3) is 0 Å². The highest BCUT2D eigenvalue weighted by Gasteiger charge is 2.25.